The zero-order valence-electron chi connectivity index (χ0n) is 16.1. The highest BCUT2D eigenvalue weighted by Crippen LogP contribution is 2.39. The molecule has 0 bridgehead atoms. The van der Waals surface area contributed by atoms with Gasteiger partial charge in [-0.2, -0.15) is 0 Å². The van der Waals surface area contributed by atoms with Crippen LogP contribution < -0.4 is 0 Å². The molecule has 7 heteroatoms. The number of carboxylic acids is 1. The molecule has 0 spiro atoms. The Morgan fingerprint density at radius 3 is 2.27 bits per heavy atom. The molecule has 0 saturated carbocycles. The fourth-order valence-corrected chi connectivity index (χ4v) is 3.19. The highest BCUT2D eigenvalue weighted by Gasteiger charge is 2.52. The molecule has 0 aliphatic carbocycles. The van der Waals surface area contributed by atoms with Crippen LogP contribution in [0.15, 0.2) is 23.7 Å². The van der Waals surface area contributed by atoms with Gasteiger partial charge in [-0.25, -0.2) is 4.79 Å². The van der Waals surface area contributed by atoms with Gasteiger partial charge in [0.15, 0.2) is 5.12 Å². The highest BCUT2D eigenvalue weighted by molar-refractivity contribution is 8.13. The Kier molecular flexibility index (Phi) is 6.05. The average molecular weight is 376 g/mol. The zero-order chi connectivity index (χ0) is 19.7. The van der Waals surface area contributed by atoms with Crippen LogP contribution in [0.4, 0.5) is 0 Å². The van der Waals surface area contributed by atoms with E-state index in [9.17, 15) is 14.7 Å². The molecule has 1 N–H and O–H groups in total. The van der Waals surface area contributed by atoms with Gasteiger partial charge >= 0.3 is 13.1 Å². The van der Waals surface area contributed by atoms with Crippen LogP contribution in [0.3, 0.4) is 0 Å². The maximum atomic E-state index is 11.6. The van der Waals surface area contributed by atoms with Gasteiger partial charge in [-0.3, -0.25) is 4.79 Å². The molecule has 0 atom stereocenters. The van der Waals surface area contributed by atoms with Crippen molar-refractivity contribution in [2.24, 2.45) is 0 Å². The predicted octanol–water partition coefficient (Wildman–Crippen LogP) is 3.99. The minimum atomic E-state index is -0.993. The van der Waals surface area contributed by atoms with Crippen LogP contribution in [0.5, 0.6) is 0 Å². The van der Waals surface area contributed by atoms with Gasteiger partial charge in [-0.15, -0.1) is 0 Å². The quantitative estimate of drug-likeness (QED) is 0.784. The number of thioether (sulfide) groups is 1. The van der Waals surface area contributed by atoms with Crippen molar-refractivity contribution in [2.75, 3.05) is 5.75 Å². The van der Waals surface area contributed by atoms with E-state index in [1.54, 1.807) is 18.2 Å². The molecule has 0 radical (unpaired) electrons. The van der Waals surface area contributed by atoms with Gasteiger partial charge in [-0.05, 0) is 57.3 Å². The van der Waals surface area contributed by atoms with Crippen molar-refractivity contribution in [1.82, 2.24) is 0 Å². The molecule has 1 saturated heterocycles. The fraction of sp³-hybridized carbons (Fsp3) is 0.474. The number of aromatic carboxylic acids is 1. The monoisotopic (exact) mass is 376 g/mol. The van der Waals surface area contributed by atoms with Crippen LogP contribution in [-0.2, 0) is 14.1 Å². The summed E-state index contributed by atoms with van der Waals surface area (Å²) in [5.41, 5.74) is 1.37. The summed E-state index contributed by atoms with van der Waals surface area (Å²) in [5.74, 6) is -0.619. The first-order chi connectivity index (χ1) is 11.9. The van der Waals surface area contributed by atoms with Gasteiger partial charge in [-0.1, -0.05) is 30.0 Å². The third-order valence-corrected chi connectivity index (χ3v) is 5.77. The molecule has 1 aromatic rings. The summed E-state index contributed by atoms with van der Waals surface area (Å²) < 4.78 is 12.2. The van der Waals surface area contributed by atoms with E-state index in [1.807, 2.05) is 40.7 Å². The lowest BCUT2D eigenvalue weighted by Gasteiger charge is -2.32. The number of hydrogen-bond donors (Lipinski definition) is 1. The van der Waals surface area contributed by atoms with Gasteiger partial charge in [0.2, 0.25) is 0 Å². The highest BCUT2D eigenvalue weighted by atomic mass is 32.2. The van der Waals surface area contributed by atoms with Crippen LogP contribution in [0, 0.1) is 6.92 Å². The molecule has 1 aliphatic rings. The lowest BCUT2D eigenvalue weighted by Crippen LogP contribution is -2.41. The number of carbonyl (C=O) groups is 2. The topological polar surface area (TPSA) is 72.8 Å². The number of hydrogen-bond acceptors (Lipinski definition) is 5. The van der Waals surface area contributed by atoms with Crippen LogP contribution in [-0.4, -0.2) is 40.3 Å². The van der Waals surface area contributed by atoms with Gasteiger partial charge in [0.25, 0.3) is 0 Å². The Labute approximate surface area is 159 Å². The fourth-order valence-electron chi connectivity index (χ4n) is 2.60. The van der Waals surface area contributed by atoms with Crippen molar-refractivity contribution < 1.29 is 24.0 Å². The number of carboxylic acid groups (broad SMARTS) is 1. The molecule has 0 amide bonds. The van der Waals surface area contributed by atoms with Crippen molar-refractivity contribution in [3.63, 3.8) is 0 Å². The summed E-state index contributed by atoms with van der Waals surface area (Å²) in [7, 11) is -0.631. The molecule has 5 nitrogen and oxygen atoms in total. The first kappa shape index (κ1) is 20.7. The minimum Gasteiger partial charge on any atom is -0.478 e. The van der Waals surface area contributed by atoms with Gasteiger partial charge in [0.05, 0.1) is 16.8 Å². The van der Waals surface area contributed by atoms with Gasteiger partial charge in [0, 0.05) is 12.7 Å². The van der Waals surface area contributed by atoms with Crippen LogP contribution in [0.25, 0.3) is 6.08 Å². The van der Waals surface area contributed by atoms with E-state index in [2.05, 4.69) is 0 Å². The third-order valence-electron chi connectivity index (χ3n) is 4.88. The van der Waals surface area contributed by atoms with E-state index in [0.29, 0.717) is 11.3 Å². The number of benzene rings is 1. The van der Waals surface area contributed by atoms with Crippen molar-refractivity contribution in [2.45, 2.75) is 52.7 Å². The first-order valence-electron chi connectivity index (χ1n) is 8.47. The molecule has 0 aromatic heterocycles. The van der Waals surface area contributed by atoms with E-state index >= 15 is 0 Å². The van der Waals surface area contributed by atoms with E-state index in [1.165, 1.54) is 6.92 Å². The van der Waals surface area contributed by atoms with Crippen LogP contribution in [0.2, 0.25) is 0 Å². The molecule has 1 fully saturated rings. The Bertz CT molecular complexity index is 738. The molecule has 140 valence electrons. The lowest BCUT2D eigenvalue weighted by atomic mass is 9.77. The Balaban J connectivity index is 2.49. The number of carbonyl (C=O) groups excluding carboxylic acids is 1. The van der Waals surface area contributed by atoms with Crippen molar-refractivity contribution >= 4 is 36.0 Å². The SMILES string of the molecule is CC(=O)SCC(=Cc1c(C)cccc1C(=O)O)B1OC(C)(C)C(C)(C)O1. The van der Waals surface area contributed by atoms with Gasteiger partial charge < -0.3 is 14.4 Å². The molecule has 2 rings (SSSR count). The summed E-state index contributed by atoms with van der Waals surface area (Å²) in [6.07, 6.45) is 1.79. The molecular weight excluding hydrogens is 351 g/mol. The van der Waals surface area contributed by atoms with Crippen LogP contribution >= 0.6 is 11.8 Å². The van der Waals surface area contributed by atoms with E-state index in [4.69, 9.17) is 9.31 Å². The molecule has 1 heterocycles. The minimum absolute atomic E-state index is 0.0179. The molecule has 0 unspecified atom stereocenters. The van der Waals surface area contributed by atoms with Crippen molar-refractivity contribution in [3.8, 4) is 0 Å². The van der Waals surface area contributed by atoms with Gasteiger partial charge in [0.1, 0.15) is 0 Å². The lowest BCUT2D eigenvalue weighted by molar-refractivity contribution is -0.109. The number of aryl methyl sites for hydroxylation is 1. The zero-order valence-corrected chi connectivity index (χ0v) is 16.9. The van der Waals surface area contributed by atoms with E-state index < -0.39 is 24.3 Å². The Morgan fingerprint density at radius 2 is 1.77 bits per heavy atom. The first-order valence-corrected chi connectivity index (χ1v) is 9.45. The number of rotatable bonds is 5. The summed E-state index contributed by atoms with van der Waals surface area (Å²) in [5, 5.41) is 9.48. The predicted molar refractivity (Wildman–Crippen MR) is 105 cm³/mol. The van der Waals surface area contributed by atoms with E-state index in [0.717, 1.165) is 22.8 Å². The summed E-state index contributed by atoms with van der Waals surface area (Å²) in [6, 6.07) is 5.15. The van der Waals surface area contributed by atoms with E-state index in [-0.39, 0.29) is 10.7 Å². The van der Waals surface area contributed by atoms with Crippen LogP contribution in [0.1, 0.15) is 56.1 Å². The summed E-state index contributed by atoms with van der Waals surface area (Å²) >= 11 is 1.15. The molecular formula is C19H25BO5S. The second kappa shape index (κ2) is 7.58. The molecule has 26 heavy (non-hydrogen) atoms. The Hall–Kier alpha value is -1.57. The van der Waals surface area contributed by atoms with Crippen molar-refractivity contribution in [1.29, 1.82) is 0 Å². The smallest absolute Gasteiger partial charge is 0.478 e. The second-order valence-electron chi connectivity index (χ2n) is 7.43. The standard InChI is InChI=1S/C19H25BO5S/c1-12-8-7-9-15(17(22)23)16(12)10-14(11-26-13(2)21)20-24-18(3,4)19(5,6)25-20/h7-10H,11H2,1-6H3,(H,22,23). The third kappa shape index (κ3) is 4.39. The maximum Gasteiger partial charge on any atom is 0.491 e. The normalized spacial score (nSPS) is 18.8. The average Bonchev–Trinajstić information content (AvgIpc) is 2.72. The summed E-state index contributed by atoms with van der Waals surface area (Å²) in [6.45, 7) is 11.2. The molecule has 1 aromatic carbocycles. The summed E-state index contributed by atoms with van der Waals surface area (Å²) in [4.78, 5) is 23.1. The second-order valence-corrected chi connectivity index (χ2v) is 8.58. The molecule has 1 aliphatic heterocycles. The Morgan fingerprint density at radius 1 is 1.19 bits per heavy atom. The largest absolute Gasteiger partial charge is 0.491 e. The maximum absolute atomic E-state index is 11.6. The van der Waals surface area contributed by atoms with Crippen molar-refractivity contribution in [3.05, 3.63) is 40.4 Å².